The molecule has 0 saturated heterocycles. The third kappa shape index (κ3) is 18.1. The highest BCUT2D eigenvalue weighted by molar-refractivity contribution is 5.01. The molecule has 0 nitrogen and oxygen atoms in total. The molecule has 0 amide bonds. The molecule has 0 aromatic heterocycles. The van der Waals surface area contributed by atoms with Gasteiger partial charge >= 0.3 is 0 Å². The normalized spacial score (nSPS) is 12.0. The smallest absolute Gasteiger partial charge is 0.0320 e. The molecule has 0 aliphatic carbocycles. The lowest BCUT2D eigenvalue weighted by Gasteiger charge is -2.07. The molecule has 0 spiro atoms. The van der Waals surface area contributed by atoms with Crippen molar-refractivity contribution in [2.24, 2.45) is 0 Å². The molecular formula is C24H48. The van der Waals surface area contributed by atoms with Crippen molar-refractivity contribution in [1.29, 1.82) is 0 Å². The van der Waals surface area contributed by atoms with E-state index in [0.29, 0.717) is 0 Å². The highest BCUT2D eigenvalue weighted by Crippen LogP contribution is 2.18. The van der Waals surface area contributed by atoms with Crippen LogP contribution in [0.4, 0.5) is 0 Å². The van der Waals surface area contributed by atoms with Crippen LogP contribution >= 0.6 is 0 Å². The average molecular weight is 337 g/mol. The van der Waals surface area contributed by atoms with Crippen molar-refractivity contribution in [2.75, 3.05) is 0 Å². The zero-order valence-corrected chi connectivity index (χ0v) is 17.5. The minimum Gasteiger partial charge on any atom is -0.0853 e. The maximum atomic E-state index is 2.54. The first-order valence-electron chi connectivity index (χ1n) is 11.5. The minimum absolute atomic E-state index is 1.29. The summed E-state index contributed by atoms with van der Waals surface area (Å²) in [6.07, 6.45) is 29.5. The second-order valence-electron chi connectivity index (χ2n) is 7.75. The molecule has 0 atom stereocenters. The molecule has 0 heteroatoms. The maximum absolute atomic E-state index is 2.54. The molecule has 0 bridgehead atoms. The van der Waals surface area contributed by atoms with E-state index in [1.807, 2.05) is 0 Å². The number of allylic oxidation sites excluding steroid dienone is 2. The largest absolute Gasteiger partial charge is 0.0853 e. The summed E-state index contributed by atoms with van der Waals surface area (Å²) in [6.45, 7) is 6.90. The molecule has 0 fully saturated rings. The zero-order chi connectivity index (χ0) is 17.7. The molecule has 0 aliphatic heterocycles. The van der Waals surface area contributed by atoms with Gasteiger partial charge in [-0.3, -0.25) is 0 Å². The molecule has 144 valence electrons. The quantitative estimate of drug-likeness (QED) is 0.163. The highest BCUT2D eigenvalue weighted by Gasteiger charge is 1.98. The van der Waals surface area contributed by atoms with Gasteiger partial charge < -0.3 is 0 Å². The van der Waals surface area contributed by atoms with E-state index in [4.69, 9.17) is 0 Å². The van der Waals surface area contributed by atoms with Gasteiger partial charge in [-0.2, -0.15) is 0 Å². The second kappa shape index (κ2) is 20.8. The lowest BCUT2D eigenvalue weighted by Crippen LogP contribution is -1.87. The SMILES string of the molecule is CCC/C=C(\CCCC)CCCCCCCCCCCCCCC. The van der Waals surface area contributed by atoms with Crippen LogP contribution in [0.5, 0.6) is 0 Å². The summed E-state index contributed by atoms with van der Waals surface area (Å²) in [5, 5.41) is 0. The van der Waals surface area contributed by atoms with Gasteiger partial charge in [0.05, 0.1) is 0 Å². The van der Waals surface area contributed by atoms with Gasteiger partial charge in [0.15, 0.2) is 0 Å². The maximum Gasteiger partial charge on any atom is -0.0320 e. The second-order valence-corrected chi connectivity index (χ2v) is 7.75. The molecule has 0 aromatic carbocycles. The fourth-order valence-electron chi connectivity index (χ4n) is 3.45. The lowest BCUT2D eigenvalue weighted by atomic mass is 9.99. The monoisotopic (exact) mass is 336 g/mol. The van der Waals surface area contributed by atoms with E-state index in [-0.39, 0.29) is 0 Å². The number of rotatable bonds is 19. The average Bonchev–Trinajstić information content (AvgIpc) is 2.60. The Hall–Kier alpha value is -0.260. The van der Waals surface area contributed by atoms with Crippen LogP contribution in [0.15, 0.2) is 11.6 Å². The Morgan fingerprint density at radius 1 is 0.458 bits per heavy atom. The molecule has 0 radical (unpaired) electrons. The Balaban J connectivity index is 3.36. The Bertz CT molecular complexity index is 251. The van der Waals surface area contributed by atoms with Crippen molar-refractivity contribution < 1.29 is 0 Å². The summed E-state index contributed by atoms with van der Waals surface area (Å²) in [7, 11) is 0. The van der Waals surface area contributed by atoms with Crippen LogP contribution in [0, 0.1) is 0 Å². The van der Waals surface area contributed by atoms with Gasteiger partial charge in [-0.15, -0.1) is 0 Å². The van der Waals surface area contributed by atoms with Crippen molar-refractivity contribution in [3.05, 3.63) is 11.6 Å². The van der Waals surface area contributed by atoms with Crippen LogP contribution < -0.4 is 0 Å². The number of hydrogen-bond donors (Lipinski definition) is 0. The van der Waals surface area contributed by atoms with Gasteiger partial charge in [-0.25, -0.2) is 0 Å². The van der Waals surface area contributed by atoms with Crippen molar-refractivity contribution in [3.63, 3.8) is 0 Å². The van der Waals surface area contributed by atoms with Crippen LogP contribution in [-0.2, 0) is 0 Å². The summed E-state index contributed by atoms with van der Waals surface area (Å²) in [4.78, 5) is 0. The molecular weight excluding hydrogens is 288 g/mol. The van der Waals surface area contributed by atoms with Crippen LogP contribution in [0.1, 0.15) is 143 Å². The first-order valence-corrected chi connectivity index (χ1v) is 11.5. The van der Waals surface area contributed by atoms with E-state index in [1.54, 1.807) is 5.57 Å². The fourth-order valence-corrected chi connectivity index (χ4v) is 3.45. The Morgan fingerprint density at radius 3 is 1.33 bits per heavy atom. The molecule has 0 unspecified atom stereocenters. The summed E-state index contributed by atoms with van der Waals surface area (Å²) in [6, 6.07) is 0. The molecule has 0 heterocycles. The van der Waals surface area contributed by atoms with Crippen molar-refractivity contribution in [2.45, 2.75) is 143 Å². The molecule has 0 saturated carbocycles. The van der Waals surface area contributed by atoms with Crippen molar-refractivity contribution >= 4 is 0 Å². The van der Waals surface area contributed by atoms with Gasteiger partial charge in [0.25, 0.3) is 0 Å². The highest BCUT2D eigenvalue weighted by atomic mass is 14.0. The summed E-state index contributed by atoms with van der Waals surface area (Å²) in [5.74, 6) is 0. The molecule has 0 aliphatic rings. The van der Waals surface area contributed by atoms with Gasteiger partial charge in [-0.05, 0) is 32.1 Å². The zero-order valence-electron chi connectivity index (χ0n) is 17.5. The van der Waals surface area contributed by atoms with Gasteiger partial charge in [0.1, 0.15) is 0 Å². The summed E-state index contributed by atoms with van der Waals surface area (Å²) in [5.41, 5.74) is 1.75. The standard InChI is InChI=1S/C24H48/c1-4-7-10-11-12-13-14-15-16-17-18-19-20-23-24(21-8-5-2)22-9-6-3/h21H,4-20,22-23H2,1-3H3/b24-21+. The topological polar surface area (TPSA) is 0 Å². The van der Waals surface area contributed by atoms with E-state index in [2.05, 4.69) is 26.8 Å². The van der Waals surface area contributed by atoms with Crippen LogP contribution in [-0.4, -0.2) is 0 Å². The lowest BCUT2D eigenvalue weighted by molar-refractivity contribution is 0.538. The third-order valence-electron chi connectivity index (χ3n) is 5.17. The van der Waals surface area contributed by atoms with E-state index in [9.17, 15) is 0 Å². The minimum atomic E-state index is 1.29. The summed E-state index contributed by atoms with van der Waals surface area (Å²) < 4.78 is 0. The first-order chi connectivity index (χ1) is 11.8. The van der Waals surface area contributed by atoms with Gasteiger partial charge in [0.2, 0.25) is 0 Å². The van der Waals surface area contributed by atoms with E-state index < -0.39 is 0 Å². The number of hydrogen-bond acceptors (Lipinski definition) is 0. The number of unbranched alkanes of at least 4 members (excludes halogenated alkanes) is 14. The predicted octanol–water partition coefficient (Wildman–Crippen LogP) is 9.38. The van der Waals surface area contributed by atoms with Gasteiger partial charge in [0, 0.05) is 0 Å². The van der Waals surface area contributed by atoms with Gasteiger partial charge in [-0.1, -0.05) is 122 Å². The molecule has 24 heavy (non-hydrogen) atoms. The fraction of sp³-hybridized carbons (Fsp3) is 0.917. The molecule has 0 aromatic rings. The predicted molar refractivity (Wildman–Crippen MR) is 113 cm³/mol. The molecule has 0 N–H and O–H groups in total. The Kier molecular flexibility index (Phi) is 20.6. The third-order valence-corrected chi connectivity index (χ3v) is 5.17. The van der Waals surface area contributed by atoms with Crippen LogP contribution in [0.25, 0.3) is 0 Å². The van der Waals surface area contributed by atoms with E-state index >= 15 is 0 Å². The van der Waals surface area contributed by atoms with E-state index in [0.717, 1.165) is 0 Å². The first kappa shape index (κ1) is 23.7. The van der Waals surface area contributed by atoms with Crippen molar-refractivity contribution in [1.82, 2.24) is 0 Å². The van der Waals surface area contributed by atoms with Crippen LogP contribution in [0.3, 0.4) is 0 Å². The van der Waals surface area contributed by atoms with Crippen molar-refractivity contribution in [3.8, 4) is 0 Å². The van der Waals surface area contributed by atoms with Crippen LogP contribution in [0.2, 0.25) is 0 Å². The summed E-state index contributed by atoms with van der Waals surface area (Å²) >= 11 is 0. The Labute approximate surface area is 154 Å². The molecule has 0 rings (SSSR count). The van der Waals surface area contributed by atoms with E-state index in [1.165, 1.54) is 122 Å². The Morgan fingerprint density at radius 2 is 0.875 bits per heavy atom.